The zero-order valence-electron chi connectivity index (χ0n) is 17.1. The predicted octanol–water partition coefficient (Wildman–Crippen LogP) is 6.56. The Balaban J connectivity index is 2.58. The Morgan fingerprint density at radius 3 is 1.88 bits per heavy atom. The molecule has 0 aliphatic carbocycles. The summed E-state index contributed by atoms with van der Waals surface area (Å²) in [5.74, 6) is 0.0767. The first kappa shape index (κ1) is 20.6. The van der Waals surface area contributed by atoms with E-state index in [1.807, 2.05) is 30.3 Å². The van der Waals surface area contributed by atoms with E-state index in [4.69, 9.17) is 4.43 Å². The van der Waals surface area contributed by atoms with Crippen LogP contribution < -0.4 is 0 Å². The van der Waals surface area contributed by atoms with Crippen LogP contribution in [0.5, 0.6) is 0 Å². The monoisotopic (exact) mass is 368 g/mol. The average Bonchev–Trinajstić information content (AvgIpc) is 2.64. The minimum absolute atomic E-state index is 0.0767. The second kappa shape index (κ2) is 8.78. The van der Waals surface area contributed by atoms with Crippen molar-refractivity contribution in [2.24, 2.45) is 0 Å². The molecule has 0 heterocycles. The highest BCUT2D eigenvalue weighted by atomic mass is 28.4. The fourth-order valence-electron chi connectivity index (χ4n) is 3.85. The van der Waals surface area contributed by atoms with Gasteiger partial charge in [-0.3, -0.25) is 4.79 Å². The van der Waals surface area contributed by atoms with E-state index < -0.39 is 14.4 Å². The van der Waals surface area contributed by atoms with E-state index in [-0.39, 0.29) is 5.78 Å². The lowest BCUT2D eigenvalue weighted by Crippen LogP contribution is -2.39. The first-order chi connectivity index (χ1) is 12.4. The van der Waals surface area contributed by atoms with Crippen molar-refractivity contribution in [3.63, 3.8) is 0 Å². The van der Waals surface area contributed by atoms with Crippen LogP contribution in [-0.4, -0.2) is 14.1 Å². The standard InChI is InChI=1S/C23H32O2Si/c1-7-26(8-2,9-3)25-23(22(24)20-13-11-10-12-14-20)21-18(5)15-17(4)16-19(21)6/h10-16,23H,7-9H2,1-6H3. The zero-order chi connectivity index (χ0) is 19.3. The van der Waals surface area contributed by atoms with Gasteiger partial charge in [-0.2, -0.15) is 0 Å². The second-order valence-corrected chi connectivity index (χ2v) is 12.0. The Morgan fingerprint density at radius 2 is 1.42 bits per heavy atom. The quantitative estimate of drug-likeness (QED) is 0.390. The lowest BCUT2D eigenvalue weighted by atomic mass is 9.91. The molecule has 1 unspecified atom stereocenters. The summed E-state index contributed by atoms with van der Waals surface area (Å²) < 4.78 is 6.78. The minimum Gasteiger partial charge on any atom is -0.403 e. The van der Waals surface area contributed by atoms with Gasteiger partial charge in [0.2, 0.25) is 0 Å². The smallest absolute Gasteiger partial charge is 0.194 e. The summed E-state index contributed by atoms with van der Waals surface area (Å²) in [5, 5.41) is 0. The molecule has 0 saturated heterocycles. The lowest BCUT2D eigenvalue weighted by Gasteiger charge is -2.34. The summed E-state index contributed by atoms with van der Waals surface area (Å²) in [6.07, 6.45) is -0.510. The fourth-order valence-corrected chi connectivity index (χ4v) is 6.58. The van der Waals surface area contributed by atoms with Crippen molar-refractivity contribution in [1.29, 1.82) is 0 Å². The van der Waals surface area contributed by atoms with Crippen LogP contribution in [0.3, 0.4) is 0 Å². The number of ketones is 1. The minimum atomic E-state index is -1.94. The first-order valence-electron chi connectivity index (χ1n) is 9.72. The van der Waals surface area contributed by atoms with Gasteiger partial charge in [-0.1, -0.05) is 68.8 Å². The van der Waals surface area contributed by atoms with Gasteiger partial charge in [-0.15, -0.1) is 0 Å². The SMILES string of the molecule is CC[Si](CC)(CC)OC(C(=O)c1ccccc1)c1c(C)cc(C)cc1C. The Morgan fingerprint density at radius 1 is 0.923 bits per heavy atom. The number of hydrogen-bond donors (Lipinski definition) is 0. The van der Waals surface area contributed by atoms with Crippen molar-refractivity contribution in [1.82, 2.24) is 0 Å². The average molecular weight is 369 g/mol. The van der Waals surface area contributed by atoms with E-state index in [1.54, 1.807) is 0 Å². The molecule has 2 aromatic carbocycles. The molecule has 0 N–H and O–H groups in total. The molecule has 0 aromatic heterocycles. The van der Waals surface area contributed by atoms with Gasteiger partial charge in [0.25, 0.3) is 0 Å². The Hall–Kier alpha value is -1.71. The number of Topliss-reactive ketones (excluding diaryl/α,β-unsaturated/α-hetero) is 1. The molecule has 0 bridgehead atoms. The van der Waals surface area contributed by atoms with E-state index in [9.17, 15) is 4.79 Å². The third-order valence-electron chi connectivity index (χ3n) is 5.60. The molecule has 0 spiro atoms. The van der Waals surface area contributed by atoms with E-state index in [1.165, 1.54) is 5.56 Å². The molecule has 26 heavy (non-hydrogen) atoms. The molecule has 0 aliphatic rings. The number of aryl methyl sites for hydroxylation is 3. The summed E-state index contributed by atoms with van der Waals surface area (Å²) in [6.45, 7) is 12.9. The maximum absolute atomic E-state index is 13.5. The number of carbonyl (C=O) groups excluding carboxylic acids is 1. The van der Waals surface area contributed by atoms with Gasteiger partial charge in [0.05, 0.1) is 0 Å². The van der Waals surface area contributed by atoms with Crippen LogP contribution >= 0.6 is 0 Å². The van der Waals surface area contributed by atoms with Crippen LogP contribution in [-0.2, 0) is 4.43 Å². The van der Waals surface area contributed by atoms with Crippen LogP contribution in [0.2, 0.25) is 18.1 Å². The third-order valence-corrected chi connectivity index (χ3v) is 10.2. The van der Waals surface area contributed by atoms with E-state index >= 15 is 0 Å². The highest BCUT2D eigenvalue weighted by Gasteiger charge is 2.37. The molecular weight excluding hydrogens is 336 g/mol. The molecule has 0 saturated carbocycles. The number of rotatable bonds is 8. The van der Waals surface area contributed by atoms with Gasteiger partial charge in [0.15, 0.2) is 14.1 Å². The Labute approximate surface area is 159 Å². The van der Waals surface area contributed by atoms with E-state index in [0.29, 0.717) is 0 Å². The molecule has 3 heteroatoms. The second-order valence-electron chi connectivity index (χ2n) is 7.28. The topological polar surface area (TPSA) is 26.3 Å². The Kier molecular flexibility index (Phi) is 6.96. The number of hydrogen-bond acceptors (Lipinski definition) is 2. The maximum atomic E-state index is 13.5. The molecule has 0 amide bonds. The van der Waals surface area contributed by atoms with Gasteiger partial charge in [0.1, 0.15) is 6.10 Å². The van der Waals surface area contributed by atoms with E-state index in [0.717, 1.165) is 40.4 Å². The van der Waals surface area contributed by atoms with Gasteiger partial charge in [-0.25, -0.2) is 0 Å². The van der Waals surface area contributed by atoms with Crippen LogP contribution in [0.25, 0.3) is 0 Å². The van der Waals surface area contributed by atoms with Crippen LogP contribution in [0.15, 0.2) is 42.5 Å². The Bertz CT molecular complexity index is 717. The maximum Gasteiger partial charge on any atom is 0.194 e. The fraction of sp³-hybridized carbons (Fsp3) is 0.435. The third kappa shape index (κ3) is 4.33. The summed E-state index contributed by atoms with van der Waals surface area (Å²) in [4.78, 5) is 13.5. The van der Waals surface area contributed by atoms with Crippen molar-refractivity contribution in [3.05, 3.63) is 70.3 Å². The van der Waals surface area contributed by atoms with Crippen molar-refractivity contribution in [2.45, 2.75) is 65.8 Å². The van der Waals surface area contributed by atoms with Crippen LogP contribution in [0.4, 0.5) is 0 Å². The molecule has 0 aliphatic heterocycles. The molecule has 0 radical (unpaired) electrons. The van der Waals surface area contributed by atoms with Crippen molar-refractivity contribution >= 4 is 14.1 Å². The predicted molar refractivity (Wildman–Crippen MR) is 112 cm³/mol. The number of carbonyl (C=O) groups is 1. The van der Waals surface area contributed by atoms with Gasteiger partial charge in [0, 0.05) is 5.56 Å². The molecule has 2 rings (SSSR count). The molecular formula is C23H32O2Si. The van der Waals surface area contributed by atoms with Gasteiger partial charge < -0.3 is 4.43 Å². The van der Waals surface area contributed by atoms with Gasteiger partial charge in [-0.05, 0) is 55.6 Å². The van der Waals surface area contributed by atoms with E-state index in [2.05, 4.69) is 53.7 Å². The first-order valence-corrected chi connectivity index (χ1v) is 12.2. The molecule has 1 atom stereocenters. The lowest BCUT2D eigenvalue weighted by molar-refractivity contribution is 0.0770. The molecule has 140 valence electrons. The van der Waals surface area contributed by atoms with Crippen molar-refractivity contribution in [3.8, 4) is 0 Å². The number of benzene rings is 2. The summed E-state index contributed by atoms with van der Waals surface area (Å²) in [7, 11) is -1.94. The largest absolute Gasteiger partial charge is 0.403 e. The summed E-state index contributed by atoms with van der Waals surface area (Å²) in [5.41, 5.74) is 5.28. The molecule has 2 aromatic rings. The normalized spacial score (nSPS) is 12.8. The highest BCUT2D eigenvalue weighted by molar-refractivity contribution is 6.73. The summed E-state index contributed by atoms with van der Waals surface area (Å²) >= 11 is 0. The van der Waals surface area contributed by atoms with Crippen molar-refractivity contribution in [2.75, 3.05) is 0 Å². The zero-order valence-corrected chi connectivity index (χ0v) is 18.1. The molecule has 0 fully saturated rings. The van der Waals surface area contributed by atoms with Crippen LogP contribution in [0, 0.1) is 20.8 Å². The van der Waals surface area contributed by atoms with Crippen molar-refractivity contribution < 1.29 is 9.22 Å². The summed E-state index contributed by atoms with van der Waals surface area (Å²) in [6, 6.07) is 17.0. The molecule has 2 nitrogen and oxygen atoms in total. The van der Waals surface area contributed by atoms with Gasteiger partial charge >= 0.3 is 0 Å². The highest BCUT2D eigenvalue weighted by Crippen LogP contribution is 2.35. The van der Waals surface area contributed by atoms with Crippen LogP contribution in [0.1, 0.15) is 59.5 Å².